The van der Waals surface area contributed by atoms with E-state index in [4.69, 9.17) is 4.98 Å². The van der Waals surface area contributed by atoms with Gasteiger partial charge in [0.25, 0.3) is 5.91 Å². The van der Waals surface area contributed by atoms with Crippen molar-refractivity contribution in [2.45, 2.75) is 13.5 Å². The van der Waals surface area contributed by atoms with E-state index >= 15 is 0 Å². The third kappa shape index (κ3) is 4.83. The second kappa shape index (κ2) is 10.2. The summed E-state index contributed by atoms with van der Waals surface area (Å²) in [6.07, 6.45) is 2.15. The van der Waals surface area contributed by atoms with Gasteiger partial charge in [-0.3, -0.25) is 9.69 Å². The van der Waals surface area contributed by atoms with Gasteiger partial charge in [0, 0.05) is 50.0 Å². The summed E-state index contributed by atoms with van der Waals surface area (Å²) < 4.78 is 15.9. The number of benzene rings is 3. The number of carbonyl (C=O) groups excluding carboxylic acids is 1. The number of nitrogens with zero attached hydrogens (tertiary/aromatic N) is 4. The van der Waals surface area contributed by atoms with E-state index in [0.717, 1.165) is 52.4 Å². The van der Waals surface area contributed by atoms with Crippen LogP contribution in [-0.4, -0.2) is 51.3 Å². The van der Waals surface area contributed by atoms with Gasteiger partial charge in [-0.1, -0.05) is 48.0 Å². The first-order valence-corrected chi connectivity index (χ1v) is 13.0. The highest BCUT2D eigenvalue weighted by Crippen LogP contribution is 2.29. The molecule has 0 atom stereocenters. The molecule has 6 heteroatoms. The van der Waals surface area contributed by atoms with Crippen LogP contribution >= 0.6 is 0 Å². The SMILES string of the molecule is Cc1cccc(-c2ccc3nc(-c4ccc(F)cc4)c(CN4CCN(C(=O)c5ccccc5)CC4)n3c2)c1. The number of imidazole rings is 1. The first-order valence-electron chi connectivity index (χ1n) is 13.0. The van der Waals surface area contributed by atoms with Crippen LogP contribution in [0, 0.1) is 12.7 Å². The minimum Gasteiger partial charge on any atom is -0.336 e. The Balaban J connectivity index is 1.31. The number of aromatic nitrogens is 2. The van der Waals surface area contributed by atoms with E-state index in [1.807, 2.05) is 41.3 Å². The number of aryl methyl sites for hydroxylation is 1. The molecule has 1 amide bonds. The molecule has 3 aromatic carbocycles. The van der Waals surface area contributed by atoms with E-state index < -0.39 is 0 Å². The highest BCUT2D eigenvalue weighted by molar-refractivity contribution is 5.94. The van der Waals surface area contributed by atoms with Crippen molar-refractivity contribution >= 4 is 11.6 Å². The van der Waals surface area contributed by atoms with E-state index in [-0.39, 0.29) is 11.7 Å². The van der Waals surface area contributed by atoms with Crippen molar-refractivity contribution in [1.82, 2.24) is 19.2 Å². The van der Waals surface area contributed by atoms with Gasteiger partial charge in [0.15, 0.2) is 0 Å². The molecular weight excluding hydrogens is 475 g/mol. The summed E-state index contributed by atoms with van der Waals surface area (Å²) in [6.45, 7) is 5.66. The molecule has 1 fully saturated rings. The van der Waals surface area contributed by atoms with Crippen LogP contribution in [0.3, 0.4) is 0 Å². The maximum atomic E-state index is 13.7. The second-order valence-corrected chi connectivity index (χ2v) is 9.86. The Kier molecular flexibility index (Phi) is 6.48. The summed E-state index contributed by atoms with van der Waals surface area (Å²) in [5.41, 5.74) is 7.87. The van der Waals surface area contributed by atoms with Crippen LogP contribution < -0.4 is 0 Å². The monoisotopic (exact) mass is 504 g/mol. The smallest absolute Gasteiger partial charge is 0.253 e. The summed E-state index contributed by atoms with van der Waals surface area (Å²) in [5, 5.41) is 0. The predicted octanol–water partition coefficient (Wildman–Crippen LogP) is 6.07. The van der Waals surface area contributed by atoms with Gasteiger partial charge in [-0.05, 0) is 66.6 Å². The quantitative estimate of drug-likeness (QED) is 0.292. The van der Waals surface area contributed by atoms with E-state index in [0.29, 0.717) is 19.6 Å². The van der Waals surface area contributed by atoms with Crippen LogP contribution in [0.15, 0.2) is 97.2 Å². The average Bonchev–Trinajstić information content (AvgIpc) is 3.31. The molecule has 190 valence electrons. The standard InChI is InChI=1S/C32H29FN4O/c1-23-6-5-9-26(20-23)27-12-15-30-34-31(24-10-13-28(33)14-11-24)29(37(30)21-27)22-35-16-18-36(19-17-35)32(38)25-7-3-2-4-8-25/h2-15,20-21H,16-19,22H2,1H3. The molecule has 0 spiro atoms. The van der Waals surface area contributed by atoms with Crippen molar-refractivity contribution in [3.8, 4) is 22.4 Å². The first kappa shape index (κ1) is 24.1. The zero-order valence-corrected chi connectivity index (χ0v) is 21.3. The Morgan fingerprint density at radius 2 is 1.55 bits per heavy atom. The van der Waals surface area contributed by atoms with Crippen molar-refractivity contribution in [2.75, 3.05) is 26.2 Å². The third-order valence-electron chi connectivity index (χ3n) is 7.24. The maximum absolute atomic E-state index is 13.7. The highest BCUT2D eigenvalue weighted by Gasteiger charge is 2.24. The summed E-state index contributed by atoms with van der Waals surface area (Å²) in [5.74, 6) is -0.185. The lowest BCUT2D eigenvalue weighted by Crippen LogP contribution is -2.48. The van der Waals surface area contributed by atoms with Crippen LogP contribution in [0.25, 0.3) is 28.0 Å². The van der Waals surface area contributed by atoms with Crippen molar-refractivity contribution in [3.05, 3.63) is 120 Å². The number of pyridine rings is 1. The van der Waals surface area contributed by atoms with E-state index in [1.54, 1.807) is 12.1 Å². The van der Waals surface area contributed by atoms with Gasteiger partial charge in [-0.25, -0.2) is 9.37 Å². The topological polar surface area (TPSA) is 40.9 Å². The minimum absolute atomic E-state index is 0.0786. The third-order valence-corrected chi connectivity index (χ3v) is 7.24. The largest absolute Gasteiger partial charge is 0.336 e. The fraction of sp³-hybridized carbons (Fsp3) is 0.188. The molecular formula is C32H29FN4O. The Labute approximate surface area is 221 Å². The van der Waals surface area contributed by atoms with Gasteiger partial charge in [-0.15, -0.1) is 0 Å². The lowest BCUT2D eigenvalue weighted by molar-refractivity contribution is 0.0627. The Hall–Kier alpha value is -4.29. The molecule has 1 aliphatic heterocycles. The molecule has 38 heavy (non-hydrogen) atoms. The molecule has 0 unspecified atom stereocenters. The van der Waals surface area contributed by atoms with Crippen molar-refractivity contribution in [3.63, 3.8) is 0 Å². The summed E-state index contributed by atoms with van der Waals surface area (Å²) >= 11 is 0. The number of amides is 1. The van der Waals surface area contributed by atoms with Crippen LogP contribution in [0.2, 0.25) is 0 Å². The fourth-order valence-corrected chi connectivity index (χ4v) is 5.16. The lowest BCUT2D eigenvalue weighted by Gasteiger charge is -2.34. The molecule has 3 heterocycles. The molecule has 0 radical (unpaired) electrons. The van der Waals surface area contributed by atoms with Gasteiger partial charge in [-0.2, -0.15) is 0 Å². The number of carbonyl (C=O) groups is 1. The molecule has 0 N–H and O–H groups in total. The van der Waals surface area contributed by atoms with Gasteiger partial charge in [0.05, 0.1) is 11.4 Å². The number of hydrogen-bond acceptors (Lipinski definition) is 3. The Bertz CT molecular complexity index is 1590. The zero-order chi connectivity index (χ0) is 26.1. The van der Waals surface area contributed by atoms with Crippen LogP contribution in [0.5, 0.6) is 0 Å². The average molecular weight is 505 g/mol. The molecule has 0 bridgehead atoms. The fourth-order valence-electron chi connectivity index (χ4n) is 5.16. The second-order valence-electron chi connectivity index (χ2n) is 9.86. The molecule has 6 rings (SSSR count). The van der Waals surface area contributed by atoms with E-state index in [9.17, 15) is 9.18 Å². The maximum Gasteiger partial charge on any atom is 0.253 e. The van der Waals surface area contributed by atoms with Crippen molar-refractivity contribution in [2.24, 2.45) is 0 Å². The minimum atomic E-state index is -0.264. The lowest BCUT2D eigenvalue weighted by atomic mass is 10.1. The van der Waals surface area contributed by atoms with E-state index in [1.165, 1.54) is 17.7 Å². The number of fused-ring (bicyclic) bond motifs is 1. The van der Waals surface area contributed by atoms with Crippen LogP contribution in [0.1, 0.15) is 21.6 Å². The van der Waals surface area contributed by atoms with Crippen LogP contribution in [-0.2, 0) is 6.54 Å². The molecule has 1 saturated heterocycles. The van der Waals surface area contributed by atoms with Gasteiger partial charge in [0.1, 0.15) is 11.5 Å². The summed E-state index contributed by atoms with van der Waals surface area (Å²) in [6, 6.07) is 28.6. The predicted molar refractivity (Wildman–Crippen MR) is 148 cm³/mol. The number of hydrogen-bond donors (Lipinski definition) is 0. The number of rotatable bonds is 5. The number of halogens is 1. The van der Waals surface area contributed by atoms with Crippen LogP contribution in [0.4, 0.5) is 4.39 Å². The van der Waals surface area contributed by atoms with Gasteiger partial charge >= 0.3 is 0 Å². The van der Waals surface area contributed by atoms with E-state index in [2.05, 4.69) is 52.8 Å². The molecule has 2 aromatic heterocycles. The molecule has 0 aliphatic carbocycles. The van der Waals surface area contributed by atoms with Gasteiger partial charge in [0.2, 0.25) is 0 Å². The first-order chi connectivity index (χ1) is 18.5. The van der Waals surface area contributed by atoms with Crippen molar-refractivity contribution in [1.29, 1.82) is 0 Å². The molecule has 5 nitrogen and oxygen atoms in total. The Morgan fingerprint density at radius 1 is 0.816 bits per heavy atom. The normalized spacial score (nSPS) is 14.2. The van der Waals surface area contributed by atoms with Gasteiger partial charge < -0.3 is 9.30 Å². The zero-order valence-electron chi connectivity index (χ0n) is 21.3. The molecule has 5 aromatic rings. The summed E-state index contributed by atoms with van der Waals surface area (Å²) in [7, 11) is 0. The number of piperazine rings is 1. The van der Waals surface area contributed by atoms with Crippen molar-refractivity contribution < 1.29 is 9.18 Å². The molecule has 0 saturated carbocycles. The summed E-state index contributed by atoms with van der Waals surface area (Å²) in [4.78, 5) is 22.2. The highest BCUT2D eigenvalue weighted by atomic mass is 19.1. The Morgan fingerprint density at radius 3 is 2.29 bits per heavy atom. The molecule has 1 aliphatic rings.